The first-order valence-electron chi connectivity index (χ1n) is 6.64. The summed E-state index contributed by atoms with van der Waals surface area (Å²) in [6.07, 6.45) is -0.0979. The Morgan fingerprint density at radius 2 is 2.00 bits per heavy atom. The molecule has 1 fully saturated rings. The zero-order valence-electron chi connectivity index (χ0n) is 11.5. The number of carbonyl (C=O) groups excluding carboxylic acids is 2. The highest BCUT2D eigenvalue weighted by atomic mass is 16.2. The van der Waals surface area contributed by atoms with Crippen molar-refractivity contribution < 1.29 is 9.59 Å². The summed E-state index contributed by atoms with van der Waals surface area (Å²) in [7, 11) is 0. The van der Waals surface area contributed by atoms with E-state index >= 15 is 0 Å². The standard InChI is InChI=1S/C15H17N3O2/c1-12-11-17(14(19)7-8-16)9-10-18(12)15(20)13-5-3-2-4-6-13/h2-6,12H,7,9-11H2,1H3/t12-/m1/s1. The fourth-order valence-electron chi connectivity index (χ4n) is 2.41. The van der Waals surface area contributed by atoms with Crippen LogP contribution in [0.1, 0.15) is 23.7 Å². The molecule has 1 aliphatic heterocycles. The molecule has 104 valence electrons. The van der Waals surface area contributed by atoms with Crippen LogP contribution >= 0.6 is 0 Å². The van der Waals surface area contributed by atoms with Gasteiger partial charge in [-0.05, 0) is 19.1 Å². The number of nitriles is 1. The lowest BCUT2D eigenvalue weighted by Crippen LogP contribution is -2.55. The molecular formula is C15H17N3O2. The Morgan fingerprint density at radius 3 is 2.60 bits per heavy atom. The monoisotopic (exact) mass is 271 g/mol. The molecule has 0 aliphatic carbocycles. The third-order valence-corrected chi connectivity index (χ3v) is 3.49. The van der Waals surface area contributed by atoms with E-state index in [2.05, 4.69) is 0 Å². The third kappa shape index (κ3) is 2.97. The van der Waals surface area contributed by atoms with Gasteiger partial charge >= 0.3 is 0 Å². The van der Waals surface area contributed by atoms with Gasteiger partial charge in [0.25, 0.3) is 5.91 Å². The lowest BCUT2D eigenvalue weighted by Gasteiger charge is -2.39. The first-order valence-corrected chi connectivity index (χ1v) is 6.64. The van der Waals surface area contributed by atoms with Crippen LogP contribution in [0.4, 0.5) is 0 Å². The number of piperazine rings is 1. The van der Waals surface area contributed by atoms with Crippen LogP contribution in [0.3, 0.4) is 0 Å². The molecule has 1 aromatic rings. The smallest absolute Gasteiger partial charge is 0.254 e. The molecule has 1 aromatic carbocycles. The van der Waals surface area contributed by atoms with Crippen LogP contribution in [-0.4, -0.2) is 47.3 Å². The largest absolute Gasteiger partial charge is 0.338 e. The summed E-state index contributed by atoms with van der Waals surface area (Å²) in [5.41, 5.74) is 0.663. The van der Waals surface area contributed by atoms with Crippen LogP contribution in [0.5, 0.6) is 0 Å². The van der Waals surface area contributed by atoms with E-state index in [4.69, 9.17) is 5.26 Å². The van der Waals surface area contributed by atoms with E-state index in [1.807, 2.05) is 31.2 Å². The summed E-state index contributed by atoms with van der Waals surface area (Å²) in [6.45, 7) is 3.40. The first-order chi connectivity index (χ1) is 9.63. The Kier molecular flexibility index (Phi) is 4.36. The second kappa shape index (κ2) is 6.20. The van der Waals surface area contributed by atoms with E-state index in [-0.39, 0.29) is 24.3 Å². The second-order valence-electron chi connectivity index (χ2n) is 4.89. The molecule has 1 saturated heterocycles. The minimum absolute atomic E-state index is 0.00881. The summed E-state index contributed by atoms with van der Waals surface area (Å²) < 4.78 is 0. The maximum absolute atomic E-state index is 12.4. The zero-order chi connectivity index (χ0) is 14.5. The van der Waals surface area contributed by atoms with Crippen LogP contribution < -0.4 is 0 Å². The average molecular weight is 271 g/mol. The molecule has 0 spiro atoms. The third-order valence-electron chi connectivity index (χ3n) is 3.49. The molecule has 5 heteroatoms. The molecular weight excluding hydrogens is 254 g/mol. The van der Waals surface area contributed by atoms with Gasteiger partial charge in [-0.3, -0.25) is 9.59 Å². The number of amides is 2. The Bertz CT molecular complexity index is 536. The summed E-state index contributed by atoms with van der Waals surface area (Å²) in [4.78, 5) is 27.5. The first kappa shape index (κ1) is 14.1. The highest BCUT2D eigenvalue weighted by molar-refractivity contribution is 5.94. The van der Waals surface area contributed by atoms with E-state index in [1.165, 1.54) is 0 Å². The van der Waals surface area contributed by atoms with E-state index in [1.54, 1.807) is 21.9 Å². The maximum Gasteiger partial charge on any atom is 0.254 e. The lowest BCUT2D eigenvalue weighted by molar-refractivity contribution is -0.132. The highest BCUT2D eigenvalue weighted by Gasteiger charge is 2.29. The Hall–Kier alpha value is -2.35. The molecule has 0 N–H and O–H groups in total. The number of hydrogen-bond donors (Lipinski definition) is 0. The fourth-order valence-corrected chi connectivity index (χ4v) is 2.41. The summed E-state index contributed by atoms with van der Waals surface area (Å²) >= 11 is 0. The molecule has 0 saturated carbocycles. The number of hydrogen-bond acceptors (Lipinski definition) is 3. The highest BCUT2D eigenvalue weighted by Crippen LogP contribution is 2.14. The van der Waals surface area contributed by atoms with Gasteiger partial charge in [0.15, 0.2) is 0 Å². The predicted molar refractivity (Wildman–Crippen MR) is 73.8 cm³/mol. The molecule has 1 atom stereocenters. The molecule has 1 heterocycles. The van der Waals surface area contributed by atoms with Gasteiger partial charge in [-0.1, -0.05) is 18.2 Å². The van der Waals surface area contributed by atoms with E-state index in [9.17, 15) is 9.59 Å². The molecule has 5 nitrogen and oxygen atoms in total. The lowest BCUT2D eigenvalue weighted by atomic mass is 10.1. The van der Waals surface area contributed by atoms with Gasteiger partial charge in [-0.15, -0.1) is 0 Å². The molecule has 2 amide bonds. The van der Waals surface area contributed by atoms with Crippen LogP contribution in [0.25, 0.3) is 0 Å². The van der Waals surface area contributed by atoms with Crippen LogP contribution in [0.15, 0.2) is 30.3 Å². The topological polar surface area (TPSA) is 64.4 Å². The quantitative estimate of drug-likeness (QED) is 0.813. The molecule has 0 radical (unpaired) electrons. The molecule has 20 heavy (non-hydrogen) atoms. The normalized spacial score (nSPS) is 18.5. The van der Waals surface area contributed by atoms with Crippen molar-refractivity contribution >= 4 is 11.8 Å². The Morgan fingerprint density at radius 1 is 1.30 bits per heavy atom. The molecule has 0 aromatic heterocycles. The Balaban J connectivity index is 2.02. The van der Waals surface area contributed by atoms with Gasteiger partial charge in [-0.2, -0.15) is 5.26 Å². The zero-order valence-corrected chi connectivity index (χ0v) is 11.5. The summed E-state index contributed by atoms with van der Waals surface area (Å²) in [6, 6.07) is 11.0. The number of rotatable bonds is 2. The van der Waals surface area contributed by atoms with Crippen molar-refractivity contribution in [1.82, 2.24) is 9.80 Å². The molecule has 1 aliphatic rings. The van der Waals surface area contributed by atoms with Crippen LogP contribution in [0, 0.1) is 11.3 Å². The molecule has 0 bridgehead atoms. The Labute approximate surface area is 118 Å². The van der Waals surface area contributed by atoms with Gasteiger partial charge in [0.05, 0.1) is 6.07 Å². The van der Waals surface area contributed by atoms with E-state index in [0.29, 0.717) is 25.2 Å². The second-order valence-corrected chi connectivity index (χ2v) is 4.89. The van der Waals surface area contributed by atoms with Gasteiger partial charge in [-0.25, -0.2) is 0 Å². The van der Waals surface area contributed by atoms with Crippen molar-refractivity contribution in [2.75, 3.05) is 19.6 Å². The SMILES string of the molecule is C[C@@H]1CN(C(=O)CC#N)CCN1C(=O)c1ccccc1. The number of benzene rings is 1. The summed E-state index contributed by atoms with van der Waals surface area (Å²) in [5, 5.41) is 8.56. The number of nitrogens with zero attached hydrogens (tertiary/aromatic N) is 3. The minimum Gasteiger partial charge on any atom is -0.338 e. The van der Waals surface area contributed by atoms with Gasteiger partial charge < -0.3 is 9.80 Å². The van der Waals surface area contributed by atoms with Crippen molar-refractivity contribution in [3.05, 3.63) is 35.9 Å². The van der Waals surface area contributed by atoms with E-state index < -0.39 is 0 Å². The van der Waals surface area contributed by atoms with Crippen LogP contribution in [-0.2, 0) is 4.79 Å². The van der Waals surface area contributed by atoms with Crippen molar-refractivity contribution in [2.45, 2.75) is 19.4 Å². The van der Waals surface area contributed by atoms with Gasteiger partial charge in [0.2, 0.25) is 5.91 Å². The van der Waals surface area contributed by atoms with E-state index in [0.717, 1.165) is 0 Å². The molecule has 0 unspecified atom stereocenters. The molecule has 2 rings (SSSR count). The van der Waals surface area contributed by atoms with Crippen molar-refractivity contribution in [2.24, 2.45) is 0 Å². The van der Waals surface area contributed by atoms with Gasteiger partial charge in [0, 0.05) is 31.2 Å². The van der Waals surface area contributed by atoms with Gasteiger partial charge in [0.1, 0.15) is 6.42 Å². The van der Waals surface area contributed by atoms with Crippen molar-refractivity contribution in [3.63, 3.8) is 0 Å². The average Bonchev–Trinajstić information content (AvgIpc) is 2.47. The minimum atomic E-state index is -0.161. The maximum atomic E-state index is 12.4. The van der Waals surface area contributed by atoms with Crippen molar-refractivity contribution in [3.8, 4) is 6.07 Å². The number of carbonyl (C=O) groups is 2. The summed E-state index contributed by atoms with van der Waals surface area (Å²) in [5.74, 6) is -0.170. The predicted octanol–water partition coefficient (Wildman–Crippen LogP) is 1.27. The van der Waals surface area contributed by atoms with Crippen LogP contribution in [0.2, 0.25) is 0 Å². The van der Waals surface area contributed by atoms with Crippen molar-refractivity contribution in [1.29, 1.82) is 5.26 Å². The fraction of sp³-hybridized carbons (Fsp3) is 0.400.